The number of hydrogen-bond donors (Lipinski definition) is 2. The molecule has 3 fully saturated rings. The van der Waals surface area contributed by atoms with E-state index >= 15 is 8.78 Å². The van der Waals surface area contributed by atoms with Gasteiger partial charge in [0.1, 0.15) is 17.5 Å². The van der Waals surface area contributed by atoms with Gasteiger partial charge in [-0.1, -0.05) is 0 Å². The molecule has 14 nitrogen and oxygen atoms in total. The van der Waals surface area contributed by atoms with Gasteiger partial charge in [-0.25, -0.2) is 13.6 Å². The Hall–Kier alpha value is -4.86. The molecule has 0 radical (unpaired) electrons. The molecule has 3 saturated heterocycles. The number of nitro groups is 1. The molecule has 2 aromatic rings. The second-order valence-electron chi connectivity index (χ2n) is 11.4. The van der Waals surface area contributed by atoms with Crippen LogP contribution in [-0.4, -0.2) is 97.1 Å². The molecule has 0 aromatic heterocycles. The Morgan fingerprint density at radius 2 is 1.63 bits per heavy atom. The number of piperazine rings is 1. The average Bonchev–Trinajstić information content (AvgIpc) is 3.02. The van der Waals surface area contributed by atoms with E-state index in [0.29, 0.717) is 45.2 Å². The van der Waals surface area contributed by atoms with E-state index in [4.69, 9.17) is 9.47 Å². The molecule has 46 heavy (non-hydrogen) atoms. The zero-order chi connectivity index (χ0) is 32.8. The molecule has 1 unspecified atom stereocenters. The molecule has 3 heterocycles. The highest BCUT2D eigenvalue weighted by Gasteiger charge is 2.30. The van der Waals surface area contributed by atoms with Crippen LogP contribution in [0.2, 0.25) is 0 Å². The number of likely N-dealkylation sites (tertiary alicyclic amines) is 1. The fraction of sp³-hybridized carbons (Fsp3) is 0.467. The first kappa shape index (κ1) is 32.5. The van der Waals surface area contributed by atoms with Crippen molar-refractivity contribution in [2.75, 3.05) is 62.6 Å². The van der Waals surface area contributed by atoms with Crippen LogP contribution in [0, 0.1) is 27.7 Å². The van der Waals surface area contributed by atoms with Gasteiger partial charge in [-0.15, -0.1) is 0 Å². The summed E-state index contributed by atoms with van der Waals surface area (Å²) < 4.78 is 39.9. The topological polar surface area (TPSA) is 164 Å². The van der Waals surface area contributed by atoms with Crippen molar-refractivity contribution in [2.24, 2.45) is 5.92 Å². The zero-order valence-corrected chi connectivity index (χ0v) is 24.9. The molecule has 3 amide bonds. The molecule has 3 aliphatic heterocycles. The first-order chi connectivity index (χ1) is 22.0. The number of ether oxygens (including phenoxy) is 2. The van der Waals surface area contributed by atoms with Gasteiger partial charge in [0.15, 0.2) is 18.2 Å². The number of imide groups is 1. The number of carbonyl (C=O) groups is 4. The molecule has 2 N–H and O–H groups in total. The number of piperidine rings is 2. The lowest BCUT2D eigenvalue weighted by Crippen LogP contribution is -2.50. The lowest BCUT2D eigenvalue weighted by Gasteiger charge is -2.39. The van der Waals surface area contributed by atoms with Gasteiger partial charge in [0, 0.05) is 70.1 Å². The van der Waals surface area contributed by atoms with Gasteiger partial charge in [-0.2, -0.15) is 0 Å². The predicted octanol–water partition coefficient (Wildman–Crippen LogP) is 2.67. The maximum atomic E-state index is 15.0. The molecule has 0 saturated carbocycles. The molecule has 3 aliphatic rings. The number of non-ortho nitro benzene ring substituents is 1. The maximum absolute atomic E-state index is 15.0. The first-order valence-electron chi connectivity index (χ1n) is 15.0. The Morgan fingerprint density at radius 1 is 0.978 bits per heavy atom. The lowest BCUT2D eigenvalue weighted by molar-refractivity contribution is -0.384. The Labute approximate surface area is 262 Å². The van der Waals surface area contributed by atoms with E-state index < -0.39 is 41.3 Å². The predicted molar refractivity (Wildman–Crippen MR) is 159 cm³/mol. The van der Waals surface area contributed by atoms with E-state index in [0.717, 1.165) is 31.5 Å². The van der Waals surface area contributed by atoms with Crippen LogP contribution in [0.5, 0.6) is 5.75 Å². The number of hydrogen-bond acceptors (Lipinski definition) is 11. The number of nitrogens with one attached hydrogen (secondary N) is 2. The summed E-state index contributed by atoms with van der Waals surface area (Å²) in [5.74, 6) is -2.33. The summed E-state index contributed by atoms with van der Waals surface area (Å²) >= 11 is 0. The summed E-state index contributed by atoms with van der Waals surface area (Å²) in [6.45, 7) is 3.38. The molecule has 2 aromatic carbocycles. The monoisotopic (exact) mass is 644 g/mol. The number of anilines is 2. The first-order valence-corrected chi connectivity index (χ1v) is 15.0. The van der Waals surface area contributed by atoms with Crippen molar-refractivity contribution in [3.8, 4) is 5.75 Å². The number of benzene rings is 2. The van der Waals surface area contributed by atoms with E-state index in [1.54, 1.807) is 9.80 Å². The quantitative estimate of drug-likeness (QED) is 0.136. The van der Waals surface area contributed by atoms with Crippen LogP contribution in [0.15, 0.2) is 36.4 Å². The van der Waals surface area contributed by atoms with E-state index in [1.807, 2.05) is 0 Å². The second kappa shape index (κ2) is 14.5. The van der Waals surface area contributed by atoms with Gasteiger partial charge >= 0.3 is 6.16 Å². The molecular formula is C30H34F2N6O8. The van der Waals surface area contributed by atoms with Crippen LogP contribution < -0.4 is 20.3 Å². The maximum Gasteiger partial charge on any atom is 0.514 e. The number of halogens is 2. The summed E-state index contributed by atoms with van der Waals surface area (Å²) in [5.41, 5.74) is -0.137. The van der Waals surface area contributed by atoms with E-state index in [9.17, 15) is 29.3 Å². The van der Waals surface area contributed by atoms with Crippen molar-refractivity contribution in [3.63, 3.8) is 0 Å². The van der Waals surface area contributed by atoms with Crippen LogP contribution in [0.25, 0.3) is 0 Å². The lowest BCUT2D eigenvalue weighted by atomic mass is 9.96. The van der Waals surface area contributed by atoms with Gasteiger partial charge in [0.05, 0.1) is 4.92 Å². The fourth-order valence-corrected chi connectivity index (χ4v) is 5.84. The van der Waals surface area contributed by atoms with Crippen LogP contribution >= 0.6 is 0 Å². The van der Waals surface area contributed by atoms with E-state index in [-0.39, 0.29) is 47.5 Å². The van der Waals surface area contributed by atoms with Crippen molar-refractivity contribution in [1.82, 2.24) is 15.1 Å². The van der Waals surface area contributed by atoms with Crippen LogP contribution in [-0.2, 0) is 19.1 Å². The molecule has 1 atom stereocenters. The molecular weight excluding hydrogens is 610 g/mol. The average molecular weight is 645 g/mol. The number of nitrogens with zero attached hydrogens (tertiary/aromatic N) is 4. The van der Waals surface area contributed by atoms with Crippen molar-refractivity contribution < 1.29 is 42.4 Å². The highest BCUT2D eigenvalue weighted by Crippen LogP contribution is 2.29. The minimum Gasteiger partial charge on any atom is -0.424 e. The van der Waals surface area contributed by atoms with Gasteiger partial charge in [-0.3, -0.25) is 34.7 Å². The van der Waals surface area contributed by atoms with Crippen LogP contribution in [0.4, 0.5) is 30.6 Å². The fourth-order valence-electron chi connectivity index (χ4n) is 5.84. The second-order valence-corrected chi connectivity index (χ2v) is 11.4. The van der Waals surface area contributed by atoms with Crippen molar-refractivity contribution in [1.29, 1.82) is 0 Å². The van der Waals surface area contributed by atoms with Crippen molar-refractivity contribution in [2.45, 2.75) is 31.7 Å². The van der Waals surface area contributed by atoms with Gasteiger partial charge < -0.3 is 24.6 Å². The molecule has 0 aliphatic carbocycles. The standard InChI is InChI=1S/C30H34F2N6O8/c31-23-15-20(33-25-5-6-26(39)34-29(25)41)16-24(32)28(23)37-13-11-35(12-14-37)17-19-7-9-36(10-8-19)27(40)18-45-30(42)46-22-3-1-21(2-4-22)38(43)44/h1-4,15-16,19,25,33H,5-14,17-18H2,(H,34,39,41). The number of nitro benzene ring substituents is 1. The van der Waals surface area contributed by atoms with Gasteiger partial charge in [0.2, 0.25) is 11.8 Å². The summed E-state index contributed by atoms with van der Waals surface area (Å²) in [7, 11) is 0. The Kier molecular flexibility index (Phi) is 10.2. The number of amides is 3. The number of rotatable bonds is 9. The van der Waals surface area contributed by atoms with E-state index in [1.165, 1.54) is 24.3 Å². The summed E-state index contributed by atoms with van der Waals surface area (Å²) in [6.07, 6.45) is 0.812. The zero-order valence-electron chi connectivity index (χ0n) is 24.9. The molecule has 5 rings (SSSR count). The number of carbonyl (C=O) groups excluding carboxylic acids is 4. The molecule has 0 spiro atoms. The smallest absolute Gasteiger partial charge is 0.424 e. The van der Waals surface area contributed by atoms with Gasteiger partial charge in [-0.05, 0) is 49.4 Å². The minimum absolute atomic E-state index is 0.0530. The van der Waals surface area contributed by atoms with E-state index in [2.05, 4.69) is 15.5 Å². The summed E-state index contributed by atoms with van der Waals surface area (Å²) in [4.78, 5) is 63.5. The third-order valence-electron chi connectivity index (χ3n) is 8.33. The normalized spacial score (nSPS) is 19.4. The van der Waals surface area contributed by atoms with Crippen molar-refractivity contribution in [3.05, 3.63) is 58.1 Å². The molecule has 16 heteroatoms. The Bertz CT molecular complexity index is 1450. The summed E-state index contributed by atoms with van der Waals surface area (Å²) in [5, 5.41) is 15.7. The largest absolute Gasteiger partial charge is 0.514 e. The third-order valence-corrected chi connectivity index (χ3v) is 8.33. The van der Waals surface area contributed by atoms with Crippen LogP contribution in [0.3, 0.4) is 0 Å². The highest BCUT2D eigenvalue weighted by molar-refractivity contribution is 6.01. The van der Waals surface area contributed by atoms with Gasteiger partial charge in [0.25, 0.3) is 11.6 Å². The summed E-state index contributed by atoms with van der Waals surface area (Å²) in [6, 6.07) is 6.46. The van der Waals surface area contributed by atoms with Crippen molar-refractivity contribution >= 4 is 40.9 Å². The Morgan fingerprint density at radius 3 is 2.24 bits per heavy atom. The van der Waals surface area contributed by atoms with Crippen LogP contribution in [0.1, 0.15) is 25.7 Å². The highest BCUT2D eigenvalue weighted by atomic mass is 19.1. The Balaban J connectivity index is 1.01. The minimum atomic E-state index is -1.09. The molecule has 0 bridgehead atoms. The SMILES string of the molecule is O=C1CCC(Nc2cc(F)c(N3CCN(CC4CCN(C(=O)COC(=O)Oc5ccc([N+](=O)[O-])cc5)CC4)CC3)c(F)c2)C(=O)N1. The third kappa shape index (κ3) is 8.24. The molecule has 246 valence electrons.